The largest absolute Gasteiger partial charge is 0.363 e. The maximum absolute atomic E-state index is 5.87. The molecule has 3 nitrogen and oxygen atoms in total. The first kappa shape index (κ1) is 10.4. The molecule has 0 spiro atoms. The van der Waals surface area contributed by atoms with E-state index in [0.29, 0.717) is 11.0 Å². The average Bonchev–Trinajstić information content (AvgIpc) is 2.63. The van der Waals surface area contributed by atoms with Gasteiger partial charge in [0.2, 0.25) is 0 Å². The van der Waals surface area contributed by atoms with Gasteiger partial charge < -0.3 is 5.32 Å². The molecule has 0 saturated heterocycles. The Labute approximate surface area is 97.2 Å². The standard InChI is InChI=1S/C10H10ClN3S/c1-7-5-15-6-8(7)4-14-10-9(11)12-2-3-13-10/h2-3,5-6H,4H2,1H3,(H,13,14). The minimum atomic E-state index is 0.408. The number of hydrogen-bond acceptors (Lipinski definition) is 4. The normalized spacial score (nSPS) is 10.3. The fraction of sp³-hybridized carbons (Fsp3) is 0.200. The predicted octanol–water partition coefficient (Wildman–Crippen LogP) is 3.11. The van der Waals surface area contributed by atoms with Crippen LogP contribution in [0.3, 0.4) is 0 Å². The number of halogens is 1. The summed E-state index contributed by atoms with van der Waals surface area (Å²) in [6.45, 7) is 2.82. The SMILES string of the molecule is Cc1cscc1CNc1nccnc1Cl. The summed E-state index contributed by atoms with van der Waals surface area (Å²) in [6.07, 6.45) is 3.19. The number of nitrogens with zero attached hydrogens (tertiary/aromatic N) is 2. The highest BCUT2D eigenvalue weighted by atomic mass is 35.5. The summed E-state index contributed by atoms with van der Waals surface area (Å²) in [4.78, 5) is 8.05. The Morgan fingerprint density at radius 1 is 1.33 bits per heavy atom. The zero-order valence-corrected chi connectivity index (χ0v) is 9.77. The van der Waals surface area contributed by atoms with Gasteiger partial charge in [0, 0.05) is 18.9 Å². The van der Waals surface area contributed by atoms with Gasteiger partial charge in [-0.2, -0.15) is 11.3 Å². The molecule has 0 aliphatic carbocycles. The third-order valence-electron chi connectivity index (χ3n) is 2.06. The first-order valence-corrected chi connectivity index (χ1v) is 5.81. The number of anilines is 1. The van der Waals surface area contributed by atoms with Gasteiger partial charge >= 0.3 is 0 Å². The summed E-state index contributed by atoms with van der Waals surface area (Å²) in [5.74, 6) is 0.629. The topological polar surface area (TPSA) is 37.8 Å². The monoisotopic (exact) mass is 239 g/mol. The van der Waals surface area contributed by atoms with E-state index < -0.39 is 0 Å². The van der Waals surface area contributed by atoms with Gasteiger partial charge in [-0.05, 0) is 28.8 Å². The number of rotatable bonds is 3. The van der Waals surface area contributed by atoms with Crippen molar-refractivity contribution in [3.63, 3.8) is 0 Å². The van der Waals surface area contributed by atoms with Crippen molar-refractivity contribution in [1.29, 1.82) is 0 Å². The summed E-state index contributed by atoms with van der Waals surface area (Å²) >= 11 is 7.57. The highest BCUT2D eigenvalue weighted by molar-refractivity contribution is 7.08. The van der Waals surface area contributed by atoms with E-state index in [1.807, 2.05) is 0 Å². The van der Waals surface area contributed by atoms with E-state index in [-0.39, 0.29) is 0 Å². The van der Waals surface area contributed by atoms with Crippen LogP contribution in [-0.2, 0) is 6.54 Å². The zero-order chi connectivity index (χ0) is 10.7. The van der Waals surface area contributed by atoms with Crippen molar-refractivity contribution < 1.29 is 0 Å². The van der Waals surface area contributed by atoms with E-state index in [1.165, 1.54) is 11.1 Å². The molecule has 0 unspecified atom stereocenters. The second kappa shape index (κ2) is 4.59. The molecule has 0 aliphatic rings. The van der Waals surface area contributed by atoms with Crippen LogP contribution in [-0.4, -0.2) is 9.97 Å². The Morgan fingerprint density at radius 3 is 2.80 bits per heavy atom. The maximum atomic E-state index is 5.87. The van der Waals surface area contributed by atoms with Crippen molar-refractivity contribution >= 4 is 28.8 Å². The Balaban J connectivity index is 2.06. The van der Waals surface area contributed by atoms with Crippen LogP contribution >= 0.6 is 22.9 Å². The van der Waals surface area contributed by atoms with Crippen molar-refractivity contribution in [2.24, 2.45) is 0 Å². The molecular weight excluding hydrogens is 230 g/mol. The van der Waals surface area contributed by atoms with Crippen LogP contribution in [0.5, 0.6) is 0 Å². The van der Waals surface area contributed by atoms with Crippen LogP contribution in [0.1, 0.15) is 11.1 Å². The smallest absolute Gasteiger partial charge is 0.171 e. The predicted molar refractivity (Wildman–Crippen MR) is 63.4 cm³/mol. The number of hydrogen-bond donors (Lipinski definition) is 1. The Bertz CT molecular complexity index is 455. The van der Waals surface area contributed by atoms with Gasteiger partial charge in [0.1, 0.15) is 0 Å². The molecule has 5 heteroatoms. The maximum Gasteiger partial charge on any atom is 0.171 e. The average molecular weight is 240 g/mol. The third-order valence-corrected chi connectivity index (χ3v) is 3.25. The Morgan fingerprint density at radius 2 is 2.13 bits per heavy atom. The van der Waals surface area contributed by atoms with Crippen molar-refractivity contribution in [1.82, 2.24) is 9.97 Å². The molecule has 0 aliphatic heterocycles. The lowest BCUT2D eigenvalue weighted by atomic mass is 10.2. The van der Waals surface area contributed by atoms with E-state index in [2.05, 4.69) is 33.0 Å². The molecule has 0 amide bonds. The lowest BCUT2D eigenvalue weighted by molar-refractivity contribution is 1.08. The van der Waals surface area contributed by atoms with Crippen molar-refractivity contribution in [3.8, 4) is 0 Å². The number of aromatic nitrogens is 2. The molecule has 78 valence electrons. The summed E-state index contributed by atoms with van der Waals surface area (Å²) in [6, 6.07) is 0. The van der Waals surface area contributed by atoms with Gasteiger partial charge in [-0.15, -0.1) is 0 Å². The highest BCUT2D eigenvalue weighted by Crippen LogP contribution is 2.18. The Kier molecular flexibility index (Phi) is 3.18. The van der Waals surface area contributed by atoms with E-state index in [4.69, 9.17) is 11.6 Å². The van der Waals surface area contributed by atoms with Gasteiger partial charge in [-0.3, -0.25) is 0 Å². The minimum Gasteiger partial charge on any atom is -0.363 e. The lowest BCUT2D eigenvalue weighted by Crippen LogP contribution is -2.02. The van der Waals surface area contributed by atoms with Crippen LogP contribution < -0.4 is 5.32 Å². The first-order valence-electron chi connectivity index (χ1n) is 4.49. The van der Waals surface area contributed by atoms with Crippen molar-refractivity contribution in [3.05, 3.63) is 39.4 Å². The van der Waals surface area contributed by atoms with E-state index >= 15 is 0 Å². The second-order valence-electron chi connectivity index (χ2n) is 3.13. The molecule has 0 aromatic carbocycles. The first-order chi connectivity index (χ1) is 7.27. The molecule has 0 fully saturated rings. The number of thiophene rings is 1. The second-order valence-corrected chi connectivity index (χ2v) is 4.23. The third kappa shape index (κ3) is 2.46. The van der Waals surface area contributed by atoms with Gasteiger partial charge in [-0.25, -0.2) is 9.97 Å². The molecule has 2 rings (SSSR count). The quantitative estimate of drug-likeness (QED) is 0.895. The molecule has 15 heavy (non-hydrogen) atoms. The summed E-state index contributed by atoms with van der Waals surface area (Å²) in [5.41, 5.74) is 2.55. The lowest BCUT2D eigenvalue weighted by Gasteiger charge is -2.05. The minimum absolute atomic E-state index is 0.408. The molecule has 0 radical (unpaired) electrons. The number of nitrogens with one attached hydrogen (secondary N) is 1. The van der Waals surface area contributed by atoms with Crippen LogP contribution in [0.25, 0.3) is 0 Å². The van der Waals surface area contributed by atoms with Crippen LogP contribution in [0, 0.1) is 6.92 Å². The summed E-state index contributed by atoms with van der Waals surface area (Å²) < 4.78 is 0. The van der Waals surface area contributed by atoms with Gasteiger partial charge in [0.15, 0.2) is 11.0 Å². The molecule has 0 bridgehead atoms. The van der Waals surface area contributed by atoms with Crippen LogP contribution in [0.4, 0.5) is 5.82 Å². The molecule has 1 N–H and O–H groups in total. The van der Waals surface area contributed by atoms with E-state index in [9.17, 15) is 0 Å². The Hall–Kier alpha value is -1.13. The van der Waals surface area contributed by atoms with E-state index in [0.717, 1.165) is 6.54 Å². The molecule has 2 heterocycles. The van der Waals surface area contributed by atoms with Crippen LogP contribution in [0.2, 0.25) is 5.15 Å². The van der Waals surface area contributed by atoms with Crippen molar-refractivity contribution in [2.75, 3.05) is 5.32 Å². The highest BCUT2D eigenvalue weighted by Gasteiger charge is 2.03. The van der Waals surface area contributed by atoms with Gasteiger partial charge in [-0.1, -0.05) is 11.6 Å². The van der Waals surface area contributed by atoms with Gasteiger partial charge in [0.05, 0.1) is 0 Å². The molecule has 2 aromatic heterocycles. The van der Waals surface area contributed by atoms with Crippen LogP contribution in [0.15, 0.2) is 23.2 Å². The van der Waals surface area contributed by atoms with E-state index in [1.54, 1.807) is 23.7 Å². The van der Waals surface area contributed by atoms with Crippen molar-refractivity contribution in [2.45, 2.75) is 13.5 Å². The fourth-order valence-electron chi connectivity index (χ4n) is 1.19. The summed E-state index contributed by atoms with van der Waals surface area (Å²) in [7, 11) is 0. The fourth-order valence-corrected chi connectivity index (χ4v) is 2.22. The molecule has 0 saturated carbocycles. The molecular formula is C10H10ClN3S. The van der Waals surface area contributed by atoms with Gasteiger partial charge in [0.25, 0.3) is 0 Å². The number of aryl methyl sites for hydroxylation is 1. The summed E-state index contributed by atoms with van der Waals surface area (Å²) in [5, 5.41) is 7.80. The molecule has 0 atom stereocenters. The zero-order valence-electron chi connectivity index (χ0n) is 8.20. The molecule has 2 aromatic rings.